The average Bonchev–Trinajstić information content (AvgIpc) is 2.38. The third-order valence-corrected chi connectivity index (χ3v) is 2.77. The van der Waals surface area contributed by atoms with Crippen molar-refractivity contribution in [3.63, 3.8) is 0 Å². The maximum Gasteiger partial charge on any atom is 0.253 e. The lowest BCUT2D eigenvalue weighted by Crippen LogP contribution is -2.27. The number of para-hydroxylation sites is 1. The molecule has 5 nitrogen and oxygen atoms in total. The first-order valence-electron chi connectivity index (χ1n) is 5.98. The number of rotatable bonds is 6. The van der Waals surface area contributed by atoms with Gasteiger partial charge in [0.05, 0.1) is 24.5 Å². The van der Waals surface area contributed by atoms with Gasteiger partial charge in [-0.25, -0.2) is 0 Å². The second-order valence-electron chi connectivity index (χ2n) is 4.03. The standard InChI is InChI=1S/C13H20N2O3/c1-3-9(16)7-8-15-13(17)10-5-4-6-11(18-2)12(10)14/h4-6,9,16H,3,7-8,14H2,1-2H3,(H,15,17). The Hall–Kier alpha value is -1.75. The maximum atomic E-state index is 11.9. The number of benzene rings is 1. The molecule has 0 heterocycles. The number of nitrogens with two attached hydrogens (primary N) is 1. The van der Waals surface area contributed by atoms with E-state index in [9.17, 15) is 9.90 Å². The van der Waals surface area contributed by atoms with Crippen molar-refractivity contribution in [2.75, 3.05) is 19.4 Å². The number of hydrogen-bond donors (Lipinski definition) is 3. The van der Waals surface area contributed by atoms with E-state index in [0.717, 1.165) is 0 Å². The molecule has 0 radical (unpaired) electrons. The highest BCUT2D eigenvalue weighted by Gasteiger charge is 2.12. The number of aliphatic hydroxyl groups is 1. The molecule has 0 fully saturated rings. The van der Waals surface area contributed by atoms with Crippen LogP contribution >= 0.6 is 0 Å². The van der Waals surface area contributed by atoms with Crippen LogP contribution in [0.2, 0.25) is 0 Å². The zero-order valence-corrected chi connectivity index (χ0v) is 10.8. The zero-order chi connectivity index (χ0) is 13.5. The molecule has 0 aliphatic heterocycles. The highest BCUT2D eigenvalue weighted by molar-refractivity contribution is 6.00. The van der Waals surface area contributed by atoms with E-state index >= 15 is 0 Å². The Morgan fingerprint density at radius 3 is 2.89 bits per heavy atom. The Morgan fingerprint density at radius 2 is 2.28 bits per heavy atom. The molecule has 5 heteroatoms. The topological polar surface area (TPSA) is 84.6 Å². The number of methoxy groups -OCH3 is 1. The monoisotopic (exact) mass is 252 g/mol. The van der Waals surface area contributed by atoms with E-state index in [1.807, 2.05) is 6.92 Å². The van der Waals surface area contributed by atoms with Crippen LogP contribution in [-0.2, 0) is 0 Å². The average molecular weight is 252 g/mol. The first kappa shape index (κ1) is 14.3. The Morgan fingerprint density at radius 1 is 1.56 bits per heavy atom. The molecule has 0 aliphatic carbocycles. The predicted octanol–water partition coefficient (Wildman–Crippen LogP) is 1.17. The summed E-state index contributed by atoms with van der Waals surface area (Å²) in [5, 5.41) is 12.1. The molecule has 1 amide bonds. The van der Waals surface area contributed by atoms with Gasteiger partial charge in [-0.05, 0) is 25.0 Å². The van der Waals surface area contributed by atoms with E-state index in [-0.39, 0.29) is 12.0 Å². The molecule has 18 heavy (non-hydrogen) atoms. The summed E-state index contributed by atoms with van der Waals surface area (Å²) in [5.41, 5.74) is 6.53. The van der Waals surface area contributed by atoms with Gasteiger partial charge in [0.25, 0.3) is 5.91 Å². The summed E-state index contributed by atoms with van der Waals surface area (Å²) in [6, 6.07) is 5.06. The molecule has 0 saturated heterocycles. The molecule has 1 unspecified atom stereocenters. The molecule has 1 rings (SSSR count). The SMILES string of the molecule is CCC(O)CCNC(=O)c1cccc(OC)c1N. The van der Waals surface area contributed by atoms with E-state index in [0.29, 0.717) is 36.4 Å². The minimum atomic E-state index is -0.382. The number of carbonyl (C=O) groups is 1. The van der Waals surface area contributed by atoms with Crippen LogP contribution in [0.4, 0.5) is 5.69 Å². The van der Waals surface area contributed by atoms with Gasteiger partial charge in [0.2, 0.25) is 0 Å². The van der Waals surface area contributed by atoms with Gasteiger partial charge in [0, 0.05) is 6.54 Å². The second-order valence-corrected chi connectivity index (χ2v) is 4.03. The molecular weight excluding hydrogens is 232 g/mol. The summed E-state index contributed by atoms with van der Waals surface area (Å²) in [6.45, 7) is 2.32. The van der Waals surface area contributed by atoms with Crippen molar-refractivity contribution in [1.82, 2.24) is 5.32 Å². The summed E-state index contributed by atoms with van der Waals surface area (Å²) >= 11 is 0. The molecular formula is C13H20N2O3. The lowest BCUT2D eigenvalue weighted by atomic mass is 10.1. The number of nitrogen functional groups attached to an aromatic ring is 1. The fourth-order valence-corrected chi connectivity index (χ4v) is 1.57. The minimum Gasteiger partial charge on any atom is -0.495 e. The van der Waals surface area contributed by atoms with E-state index in [1.54, 1.807) is 18.2 Å². The number of amides is 1. The largest absolute Gasteiger partial charge is 0.495 e. The number of nitrogens with one attached hydrogen (secondary N) is 1. The third kappa shape index (κ3) is 3.63. The fraction of sp³-hybridized carbons (Fsp3) is 0.462. The van der Waals surface area contributed by atoms with Crippen molar-refractivity contribution in [2.24, 2.45) is 0 Å². The van der Waals surface area contributed by atoms with E-state index < -0.39 is 0 Å². The summed E-state index contributed by atoms with van der Waals surface area (Å²) in [4.78, 5) is 11.9. The molecule has 0 spiro atoms. The van der Waals surface area contributed by atoms with Crippen LogP contribution in [0.5, 0.6) is 5.75 Å². The molecule has 1 atom stereocenters. The van der Waals surface area contributed by atoms with Gasteiger partial charge in [-0.15, -0.1) is 0 Å². The first-order valence-corrected chi connectivity index (χ1v) is 5.98. The highest BCUT2D eigenvalue weighted by Crippen LogP contribution is 2.24. The van der Waals surface area contributed by atoms with Crippen molar-refractivity contribution in [3.8, 4) is 5.75 Å². The van der Waals surface area contributed by atoms with Crippen molar-refractivity contribution in [3.05, 3.63) is 23.8 Å². The second kappa shape index (κ2) is 6.86. The van der Waals surface area contributed by atoms with Crippen LogP contribution in [0, 0.1) is 0 Å². The molecule has 0 bridgehead atoms. The number of anilines is 1. The van der Waals surface area contributed by atoms with Crippen LogP contribution in [0.15, 0.2) is 18.2 Å². The molecule has 0 saturated carbocycles. The van der Waals surface area contributed by atoms with Gasteiger partial charge in [-0.2, -0.15) is 0 Å². The van der Waals surface area contributed by atoms with Crippen molar-refractivity contribution in [1.29, 1.82) is 0 Å². The Balaban J connectivity index is 2.62. The van der Waals surface area contributed by atoms with E-state index in [1.165, 1.54) is 7.11 Å². The number of aliphatic hydroxyl groups excluding tert-OH is 1. The predicted molar refractivity (Wildman–Crippen MR) is 70.7 cm³/mol. The van der Waals surface area contributed by atoms with Gasteiger partial charge >= 0.3 is 0 Å². The number of carbonyl (C=O) groups excluding carboxylic acids is 1. The van der Waals surface area contributed by atoms with Crippen LogP contribution in [0.1, 0.15) is 30.1 Å². The van der Waals surface area contributed by atoms with Gasteiger partial charge in [0.1, 0.15) is 5.75 Å². The number of ether oxygens (including phenoxy) is 1. The van der Waals surface area contributed by atoms with E-state index in [4.69, 9.17) is 10.5 Å². The van der Waals surface area contributed by atoms with Crippen LogP contribution in [0.3, 0.4) is 0 Å². The fourth-order valence-electron chi connectivity index (χ4n) is 1.57. The zero-order valence-electron chi connectivity index (χ0n) is 10.8. The van der Waals surface area contributed by atoms with Gasteiger partial charge < -0.3 is 20.9 Å². The van der Waals surface area contributed by atoms with Crippen LogP contribution < -0.4 is 15.8 Å². The molecule has 1 aromatic rings. The normalized spacial score (nSPS) is 11.9. The third-order valence-electron chi connectivity index (χ3n) is 2.77. The Kier molecular flexibility index (Phi) is 5.45. The summed E-state index contributed by atoms with van der Waals surface area (Å²) in [6.07, 6.45) is 0.830. The molecule has 100 valence electrons. The minimum absolute atomic E-state index is 0.255. The Bertz CT molecular complexity index is 407. The van der Waals surface area contributed by atoms with Crippen molar-refractivity contribution >= 4 is 11.6 Å². The molecule has 4 N–H and O–H groups in total. The highest BCUT2D eigenvalue weighted by atomic mass is 16.5. The van der Waals surface area contributed by atoms with E-state index in [2.05, 4.69) is 5.32 Å². The summed E-state index contributed by atoms with van der Waals surface area (Å²) in [5.74, 6) is 0.228. The van der Waals surface area contributed by atoms with Crippen molar-refractivity contribution in [2.45, 2.75) is 25.9 Å². The molecule has 0 aromatic heterocycles. The quantitative estimate of drug-likeness (QED) is 0.663. The lowest BCUT2D eigenvalue weighted by molar-refractivity contribution is 0.0942. The summed E-state index contributed by atoms with van der Waals surface area (Å²) < 4.78 is 5.05. The smallest absolute Gasteiger partial charge is 0.253 e. The van der Waals surface area contributed by atoms with Crippen molar-refractivity contribution < 1.29 is 14.6 Å². The number of hydrogen-bond acceptors (Lipinski definition) is 4. The van der Waals surface area contributed by atoms with Crippen LogP contribution in [-0.4, -0.2) is 30.8 Å². The molecule has 0 aliphatic rings. The summed E-state index contributed by atoms with van der Waals surface area (Å²) in [7, 11) is 1.50. The lowest BCUT2D eigenvalue weighted by Gasteiger charge is -2.11. The van der Waals surface area contributed by atoms with Crippen LogP contribution in [0.25, 0.3) is 0 Å². The Labute approximate surface area is 107 Å². The van der Waals surface area contributed by atoms with Gasteiger partial charge in [-0.1, -0.05) is 13.0 Å². The van der Waals surface area contributed by atoms with Gasteiger partial charge in [-0.3, -0.25) is 4.79 Å². The first-order chi connectivity index (χ1) is 8.60. The molecule has 1 aromatic carbocycles. The van der Waals surface area contributed by atoms with Gasteiger partial charge in [0.15, 0.2) is 0 Å². The maximum absolute atomic E-state index is 11.9.